The first kappa shape index (κ1) is 11.2. The minimum atomic E-state index is -2.45. The van der Waals surface area contributed by atoms with Crippen LogP contribution in [-0.4, -0.2) is 54.9 Å². The van der Waals surface area contributed by atoms with Crippen molar-refractivity contribution >= 4 is 0 Å². The fourth-order valence-electron chi connectivity index (χ4n) is 2.41. The number of ether oxygens (including phenoxy) is 1. The molecular weight excluding hydrogens is 204 g/mol. The highest BCUT2D eigenvalue weighted by Crippen LogP contribution is 2.42. The predicted molar refractivity (Wildman–Crippen MR) is 50.9 cm³/mol. The molecule has 0 aromatic rings. The largest absolute Gasteiger partial charge is 0.389 e. The van der Waals surface area contributed by atoms with E-state index in [2.05, 4.69) is 0 Å². The molecule has 0 unspecified atom stereocenters. The lowest BCUT2D eigenvalue weighted by molar-refractivity contribution is -0.118. The molecule has 1 N–H and O–H groups in total. The van der Waals surface area contributed by atoms with Crippen molar-refractivity contribution in [3.8, 4) is 0 Å². The molecule has 15 heavy (non-hydrogen) atoms. The third-order valence-electron chi connectivity index (χ3n) is 3.31. The van der Waals surface area contributed by atoms with Gasteiger partial charge in [0, 0.05) is 19.4 Å². The van der Waals surface area contributed by atoms with E-state index in [4.69, 9.17) is 4.74 Å². The summed E-state index contributed by atoms with van der Waals surface area (Å²) in [6.45, 7) is 1.48. The van der Waals surface area contributed by atoms with E-state index in [9.17, 15) is 13.9 Å². The smallest absolute Gasteiger partial charge is 0.248 e. The van der Waals surface area contributed by atoms with Crippen LogP contribution in [0.4, 0.5) is 8.78 Å². The Morgan fingerprint density at radius 1 is 1.40 bits per heavy atom. The summed E-state index contributed by atoms with van der Waals surface area (Å²) >= 11 is 0. The van der Waals surface area contributed by atoms with Crippen LogP contribution in [0.1, 0.15) is 12.8 Å². The Labute approximate surface area is 88.0 Å². The van der Waals surface area contributed by atoms with Gasteiger partial charge in [0.05, 0.1) is 25.4 Å². The highest BCUT2D eigenvalue weighted by molar-refractivity contribution is 4.90. The minimum Gasteiger partial charge on any atom is -0.389 e. The molecule has 1 saturated carbocycles. The molecule has 0 amide bonds. The Kier molecular flexibility index (Phi) is 2.96. The minimum absolute atomic E-state index is 0.0129. The number of likely N-dealkylation sites (N-methyl/N-ethyl adjacent to an activating group) is 1. The van der Waals surface area contributed by atoms with E-state index in [0.717, 1.165) is 0 Å². The lowest BCUT2D eigenvalue weighted by atomic mass is 9.81. The van der Waals surface area contributed by atoms with Crippen molar-refractivity contribution in [1.82, 2.24) is 4.90 Å². The Hall–Kier alpha value is -0.260. The maximum atomic E-state index is 12.6. The standard InChI is InChI=1S/C10H17F2NO2/c1-13(8-5-15-6-9(8)14)4-7-2-10(11,12)3-7/h7-9,14H,2-6H2,1H3/t8-,9-/m1/s1. The third-order valence-corrected chi connectivity index (χ3v) is 3.31. The van der Waals surface area contributed by atoms with Gasteiger partial charge in [-0.05, 0) is 13.0 Å². The second-order valence-electron chi connectivity index (χ2n) is 4.74. The number of halogens is 2. The molecule has 0 bridgehead atoms. The van der Waals surface area contributed by atoms with Crippen molar-refractivity contribution in [1.29, 1.82) is 0 Å². The number of alkyl halides is 2. The Morgan fingerprint density at radius 2 is 2.07 bits per heavy atom. The molecule has 2 rings (SSSR count). The van der Waals surface area contributed by atoms with Gasteiger partial charge in [-0.2, -0.15) is 0 Å². The van der Waals surface area contributed by atoms with Crippen molar-refractivity contribution in [3.05, 3.63) is 0 Å². The molecule has 2 aliphatic rings. The van der Waals surface area contributed by atoms with Crippen molar-refractivity contribution in [2.45, 2.75) is 30.9 Å². The molecule has 0 aromatic carbocycles. The van der Waals surface area contributed by atoms with Crippen LogP contribution in [0.2, 0.25) is 0 Å². The van der Waals surface area contributed by atoms with E-state index < -0.39 is 12.0 Å². The molecule has 2 atom stereocenters. The third kappa shape index (κ3) is 2.46. The van der Waals surface area contributed by atoms with Crippen molar-refractivity contribution in [3.63, 3.8) is 0 Å². The van der Waals surface area contributed by atoms with E-state index in [1.54, 1.807) is 0 Å². The summed E-state index contributed by atoms with van der Waals surface area (Å²) in [5, 5.41) is 9.55. The molecule has 1 aliphatic heterocycles. The average molecular weight is 221 g/mol. The molecule has 0 radical (unpaired) electrons. The maximum Gasteiger partial charge on any atom is 0.248 e. The summed E-state index contributed by atoms with van der Waals surface area (Å²) in [5.74, 6) is -2.38. The fraction of sp³-hybridized carbons (Fsp3) is 1.00. The molecule has 3 nitrogen and oxygen atoms in total. The Balaban J connectivity index is 1.75. The summed E-state index contributed by atoms with van der Waals surface area (Å²) < 4.78 is 30.3. The zero-order valence-electron chi connectivity index (χ0n) is 8.83. The summed E-state index contributed by atoms with van der Waals surface area (Å²) in [6.07, 6.45) is -0.502. The number of aliphatic hydroxyl groups is 1. The molecule has 1 aliphatic carbocycles. The van der Waals surface area contributed by atoms with Crippen molar-refractivity contribution in [2.24, 2.45) is 5.92 Å². The van der Waals surface area contributed by atoms with Crippen LogP contribution in [0.15, 0.2) is 0 Å². The molecule has 0 aromatic heterocycles. The molecule has 1 saturated heterocycles. The number of hydrogen-bond donors (Lipinski definition) is 1. The van der Waals surface area contributed by atoms with Crippen LogP contribution in [0.5, 0.6) is 0 Å². The van der Waals surface area contributed by atoms with Gasteiger partial charge in [-0.15, -0.1) is 0 Å². The second kappa shape index (κ2) is 3.96. The summed E-state index contributed by atoms with van der Waals surface area (Å²) in [6, 6.07) is -0.0285. The zero-order chi connectivity index (χ0) is 11.1. The summed E-state index contributed by atoms with van der Waals surface area (Å²) in [7, 11) is 1.86. The van der Waals surface area contributed by atoms with Gasteiger partial charge >= 0.3 is 0 Å². The Morgan fingerprint density at radius 3 is 2.53 bits per heavy atom. The van der Waals surface area contributed by atoms with Gasteiger partial charge < -0.3 is 9.84 Å². The van der Waals surface area contributed by atoms with Gasteiger partial charge in [-0.1, -0.05) is 0 Å². The first-order chi connectivity index (χ1) is 6.98. The van der Waals surface area contributed by atoms with Crippen molar-refractivity contribution < 1.29 is 18.6 Å². The number of hydrogen-bond acceptors (Lipinski definition) is 3. The highest BCUT2D eigenvalue weighted by Gasteiger charge is 2.46. The number of nitrogens with zero attached hydrogens (tertiary/aromatic N) is 1. The quantitative estimate of drug-likeness (QED) is 0.762. The topological polar surface area (TPSA) is 32.7 Å². The van der Waals surface area contributed by atoms with E-state index in [0.29, 0.717) is 19.8 Å². The zero-order valence-corrected chi connectivity index (χ0v) is 8.83. The molecule has 1 heterocycles. The number of rotatable bonds is 3. The normalized spacial score (nSPS) is 35.8. The molecule has 88 valence electrons. The van der Waals surface area contributed by atoms with Crippen LogP contribution in [0.3, 0.4) is 0 Å². The predicted octanol–water partition coefficient (Wildman–Crippen LogP) is 0.723. The average Bonchev–Trinajstić information content (AvgIpc) is 2.47. The van der Waals surface area contributed by atoms with Crippen LogP contribution < -0.4 is 0 Å². The van der Waals surface area contributed by atoms with Crippen LogP contribution >= 0.6 is 0 Å². The van der Waals surface area contributed by atoms with Crippen LogP contribution in [0, 0.1) is 5.92 Å². The fourth-order valence-corrected chi connectivity index (χ4v) is 2.41. The van der Waals surface area contributed by atoms with E-state index in [-0.39, 0.29) is 24.8 Å². The molecule has 5 heteroatoms. The van der Waals surface area contributed by atoms with E-state index in [1.807, 2.05) is 11.9 Å². The lowest BCUT2D eigenvalue weighted by Crippen LogP contribution is -2.47. The maximum absolute atomic E-state index is 12.6. The summed E-state index contributed by atoms with van der Waals surface area (Å²) in [4.78, 5) is 1.94. The van der Waals surface area contributed by atoms with E-state index >= 15 is 0 Å². The monoisotopic (exact) mass is 221 g/mol. The number of aliphatic hydroxyl groups excluding tert-OH is 1. The molecular formula is C10H17F2NO2. The second-order valence-corrected chi connectivity index (χ2v) is 4.74. The van der Waals surface area contributed by atoms with Crippen LogP contribution in [-0.2, 0) is 4.74 Å². The van der Waals surface area contributed by atoms with Gasteiger partial charge in [0.2, 0.25) is 5.92 Å². The van der Waals surface area contributed by atoms with Crippen molar-refractivity contribution in [2.75, 3.05) is 26.8 Å². The molecule has 0 spiro atoms. The van der Waals surface area contributed by atoms with Gasteiger partial charge in [0.15, 0.2) is 0 Å². The Bertz CT molecular complexity index is 229. The highest BCUT2D eigenvalue weighted by atomic mass is 19.3. The van der Waals surface area contributed by atoms with Crippen LogP contribution in [0.25, 0.3) is 0 Å². The van der Waals surface area contributed by atoms with Gasteiger partial charge in [-0.3, -0.25) is 4.90 Å². The molecule has 2 fully saturated rings. The van der Waals surface area contributed by atoms with E-state index in [1.165, 1.54) is 0 Å². The lowest BCUT2D eigenvalue weighted by Gasteiger charge is -2.38. The first-order valence-corrected chi connectivity index (χ1v) is 5.32. The van der Waals surface area contributed by atoms with Gasteiger partial charge in [-0.25, -0.2) is 8.78 Å². The first-order valence-electron chi connectivity index (χ1n) is 5.32. The summed E-state index contributed by atoms with van der Waals surface area (Å²) in [5.41, 5.74) is 0. The van der Waals surface area contributed by atoms with Gasteiger partial charge in [0.1, 0.15) is 0 Å². The van der Waals surface area contributed by atoms with Gasteiger partial charge in [0.25, 0.3) is 0 Å². The SMILES string of the molecule is CN(CC1CC(F)(F)C1)[C@@H]1COC[C@H]1O.